The molecular weight excluding hydrogens is 432 g/mol. The minimum atomic E-state index is -0.274. The maximum Gasteiger partial charge on any atom is 0.246 e. The van der Waals surface area contributed by atoms with Gasteiger partial charge in [-0.2, -0.15) is 0 Å². The molecule has 2 amide bonds. The summed E-state index contributed by atoms with van der Waals surface area (Å²) >= 11 is 0. The van der Waals surface area contributed by atoms with Gasteiger partial charge in [-0.05, 0) is 67.3 Å². The summed E-state index contributed by atoms with van der Waals surface area (Å²) < 4.78 is 12.3. The van der Waals surface area contributed by atoms with Crippen LogP contribution in [-0.2, 0) is 9.59 Å². The third-order valence-corrected chi connectivity index (χ3v) is 5.86. The summed E-state index contributed by atoms with van der Waals surface area (Å²) in [5, 5.41) is 2.92. The Labute approximate surface area is 199 Å². The molecule has 0 radical (unpaired) electrons. The summed E-state index contributed by atoms with van der Waals surface area (Å²) in [4.78, 5) is 31.7. The van der Waals surface area contributed by atoms with Crippen molar-refractivity contribution >= 4 is 17.8 Å². The number of aromatic nitrogens is 2. The first-order valence-corrected chi connectivity index (χ1v) is 11.5. The minimum absolute atomic E-state index is 0.0104. The van der Waals surface area contributed by atoms with Gasteiger partial charge < -0.3 is 14.4 Å². The molecule has 1 fully saturated rings. The molecule has 4 rings (SSSR count). The van der Waals surface area contributed by atoms with Crippen LogP contribution in [0.3, 0.4) is 0 Å². The van der Waals surface area contributed by atoms with E-state index in [1.165, 1.54) is 0 Å². The lowest BCUT2D eigenvalue weighted by molar-refractivity contribution is -0.134. The molecule has 1 aliphatic rings. The van der Waals surface area contributed by atoms with Crippen LogP contribution in [0, 0.1) is 5.92 Å². The molecule has 178 valence electrons. The summed E-state index contributed by atoms with van der Waals surface area (Å²) in [5.41, 5.74) is 2.41. The molecule has 1 N–H and O–H groups in total. The number of carbonyl (C=O) groups is 2. The average molecular weight is 463 g/mol. The lowest BCUT2D eigenvalue weighted by Crippen LogP contribution is -2.39. The van der Waals surface area contributed by atoms with Crippen LogP contribution in [0.5, 0.6) is 11.5 Å². The third kappa shape index (κ3) is 5.57. The Bertz CT molecular complexity index is 1130. The van der Waals surface area contributed by atoms with E-state index in [1.807, 2.05) is 66.2 Å². The summed E-state index contributed by atoms with van der Waals surface area (Å²) in [7, 11) is 3.24. The fraction of sp³-hybridized carbons (Fsp3) is 0.346. The molecule has 0 atom stereocenters. The SMILES string of the molecule is CCC(=O)N(CC(=O)Nc1nc(-c2ccc(OC)cc2)cn1-c1ccc(OC)cc1)CC1CC1. The number of nitrogens with one attached hydrogen (secondary N) is 1. The lowest BCUT2D eigenvalue weighted by Gasteiger charge is -2.21. The fourth-order valence-corrected chi connectivity index (χ4v) is 3.74. The molecule has 0 unspecified atom stereocenters. The van der Waals surface area contributed by atoms with E-state index >= 15 is 0 Å². The first-order valence-electron chi connectivity index (χ1n) is 11.5. The number of rotatable bonds is 10. The highest BCUT2D eigenvalue weighted by Gasteiger charge is 2.27. The molecule has 1 aliphatic carbocycles. The van der Waals surface area contributed by atoms with Crippen molar-refractivity contribution in [1.82, 2.24) is 14.5 Å². The van der Waals surface area contributed by atoms with E-state index in [-0.39, 0.29) is 18.4 Å². The zero-order chi connectivity index (χ0) is 24.1. The van der Waals surface area contributed by atoms with E-state index in [0.29, 0.717) is 30.5 Å². The normalized spacial score (nSPS) is 12.8. The average Bonchev–Trinajstić information content (AvgIpc) is 3.60. The predicted molar refractivity (Wildman–Crippen MR) is 130 cm³/mol. The Balaban J connectivity index is 1.61. The van der Waals surface area contributed by atoms with Gasteiger partial charge in [-0.1, -0.05) is 6.92 Å². The molecule has 1 aromatic heterocycles. The molecule has 1 heterocycles. The maximum absolute atomic E-state index is 13.0. The first kappa shape index (κ1) is 23.4. The van der Waals surface area contributed by atoms with Crippen LogP contribution in [0.2, 0.25) is 0 Å². The summed E-state index contributed by atoms with van der Waals surface area (Å²) in [5.74, 6) is 2.09. The molecule has 0 aliphatic heterocycles. The number of nitrogens with zero attached hydrogens (tertiary/aromatic N) is 3. The molecule has 34 heavy (non-hydrogen) atoms. The first-order chi connectivity index (χ1) is 16.5. The van der Waals surface area contributed by atoms with Gasteiger partial charge in [0, 0.05) is 30.4 Å². The Morgan fingerprint density at radius 2 is 1.65 bits per heavy atom. The smallest absolute Gasteiger partial charge is 0.246 e. The van der Waals surface area contributed by atoms with Crippen molar-refractivity contribution in [3.05, 3.63) is 54.7 Å². The van der Waals surface area contributed by atoms with E-state index < -0.39 is 0 Å². The number of benzene rings is 2. The van der Waals surface area contributed by atoms with Crippen molar-refractivity contribution in [3.8, 4) is 28.4 Å². The molecule has 0 spiro atoms. The van der Waals surface area contributed by atoms with E-state index in [0.717, 1.165) is 35.6 Å². The van der Waals surface area contributed by atoms with Crippen LogP contribution in [0.25, 0.3) is 16.9 Å². The second-order valence-electron chi connectivity index (χ2n) is 8.37. The molecule has 8 nitrogen and oxygen atoms in total. The van der Waals surface area contributed by atoms with Crippen LogP contribution in [0.15, 0.2) is 54.7 Å². The van der Waals surface area contributed by atoms with E-state index in [9.17, 15) is 9.59 Å². The molecule has 1 saturated carbocycles. The third-order valence-electron chi connectivity index (χ3n) is 5.86. The van der Waals surface area contributed by atoms with Crippen LogP contribution >= 0.6 is 0 Å². The van der Waals surface area contributed by atoms with Crippen LogP contribution < -0.4 is 14.8 Å². The van der Waals surface area contributed by atoms with Crippen molar-refractivity contribution in [2.24, 2.45) is 5.92 Å². The number of hydrogen-bond donors (Lipinski definition) is 1. The Morgan fingerprint density at radius 1 is 1.03 bits per heavy atom. The number of carbonyl (C=O) groups excluding carboxylic acids is 2. The number of amides is 2. The van der Waals surface area contributed by atoms with Crippen molar-refractivity contribution < 1.29 is 19.1 Å². The second-order valence-corrected chi connectivity index (χ2v) is 8.37. The number of imidazole rings is 1. The van der Waals surface area contributed by atoms with Gasteiger partial charge in [-0.15, -0.1) is 0 Å². The van der Waals surface area contributed by atoms with Gasteiger partial charge in [0.15, 0.2) is 0 Å². The number of methoxy groups -OCH3 is 2. The van der Waals surface area contributed by atoms with Gasteiger partial charge >= 0.3 is 0 Å². The van der Waals surface area contributed by atoms with Crippen LogP contribution in [0.4, 0.5) is 5.95 Å². The van der Waals surface area contributed by atoms with Gasteiger partial charge in [-0.25, -0.2) is 4.98 Å². The van der Waals surface area contributed by atoms with Gasteiger partial charge in [0.1, 0.15) is 11.5 Å². The predicted octanol–water partition coefficient (Wildman–Crippen LogP) is 4.14. The fourth-order valence-electron chi connectivity index (χ4n) is 3.74. The molecule has 3 aromatic rings. The maximum atomic E-state index is 13.0. The Hall–Kier alpha value is -3.81. The molecular formula is C26H30N4O4. The highest BCUT2D eigenvalue weighted by molar-refractivity contribution is 5.93. The Morgan fingerprint density at radius 3 is 2.21 bits per heavy atom. The van der Waals surface area contributed by atoms with Gasteiger partial charge in [0.05, 0.1) is 26.5 Å². The van der Waals surface area contributed by atoms with E-state index in [1.54, 1.807) is 19.1 Å². The van der Waals surface area contributed by atoms with Crippen LogP contribution in [0.1, 0.15) is 26.2 Å². The van der Waals surface area contributed by atoms with Gasteiger partial charge in [-0.3, -0.25) is 19.5 Å². The Kier molecular flexibility index (Phi) is 7.15. The van der Waals surface area contributed by atoms with Gasteiger partial charge in [0.25, 0.3) is 0 Å². The molecule has 0 bridgehead atoms. The quantitative estimate of drug-likeness (QED) is 0.489. The minimum Gasteiger partial charge on any atom is -0.497 e. The van der Waals surface area contributed by atoms with Gasteiger partial charge in [0.2, 0.25) is 17.8 Å². The number of anilines is 1. The summed E-state index contributed by atoms with van der Waals surface area (Å²) in [6.07, 6.45) is 4.48. The molecule has 8 heteroatoms. The highest BCUT2D eigenvalue weighted by Crippen LogP contribution is 2.30. The second kappa shape index (κ2) is 10.4. The van der Waals surface area contributed by atoms with E-state index in [4.69, 9.17) is 14.5 Å². The summed E-state index contributed by atoms with van der Waals surface area (Å²) in [6, 6.07) is 15.1. The van der Waals surface area contributed by atoms with Crippen molar-refractivity contribution in [2.45, 2.75) is 26.2 Å². The standard InChI is InChI=1S/C26H30N4O4/c1-4-25(32)29(15-18-5-6-18)17-24(31)28-26-27-23(19-7-11-21(33-2)12-8-19)16-30(26)20-9-13-22(34-3)14-10-20/h7-14,16,18H,4-6,15,17H2,1-3H3,(H,27,28,31). The van der Waals surface area contributed by atoms with Crippen molar-refractivity contribution in [1.29, 1.82) is 0 Å². The lowest BCUT2D eigenvalue weighted by atomic mass is 10.1. The monoisotopic (exact) mass is 462 g/mol. The van der Waals surface area contributed by atoms with E-state index in [2.05, 4.69) is 5.32 Å². The highest BCUT2D eigenvalue weighted by atomic mass is 16.5. The zero-order valence-corrected chi connectivity index (χ0v) is 19.8. The van der Waals surface area contributed by atoms with Crippen molar-refractivity contribution in [2.75, 3.05) is 32.6 Å². The number of hydrogen-bond acceptors (Lipinski definition) is 5. The summed E-state index contributed by atoms with van der Waals surface area (Å²) in [6.45, 7) is 2.46. The van der Waals surface area contributed by atoms with Crippen LogP contribution in [-0.4, -0.2) is 53.6 Å². The molecule has 2 aromatic carbocycles. The molecule has 0 saturated heterocycles. The largest absolute Gasteiger partial charge is 0.497 e. The topological polar surface area (TPSA) is 85.7 Å². The number of ether oxygens (including phenoxy) is 2. The van der Waals surface area contributed by atoms with Crippen molar-refractivity contribution in [3.63, 3.8) is 0 Å². The zero-order valence-electron chi connectivity index (χ0n) is 19.8.